The fourth-order valence-electron chi connectivity index (χ4n) is 2.39. The number of rotatable bonds is 6. The van der Waals surface area contributed by atoms with E-state index in [4.69, 9.17) is 10.2 Å². The molecule has 7 heteroatoms. The van der Waals surface area contributed by atoms with Crippen LogP contribution in [0.3, 0.4) is 0 Å². The number of nitrogens with one attached hydrogen (secondary N) is 1. The lowest BCUT2D eigenvalue weighted by Gasteiger charge is -2.30. The van der Waals surface area contributed by atoms with Crippen LogP contribution >= 0.6 is 0 Å². The van der Waals surface area contributed by atoms with Gasteiger partial charge in [-0.2, -0.15) is 0 Å². The van der Waals surface area contributed by atoms with Gasteiger partial charge in [-0.15, -0.1) is 0 Å². The van der Waals surface area contributed by atoms with Crippen molar-refractivity contribution in [3.8, 4) is 0 Å². The van der Waals surface area contributed by atoms with Crippen LogP contribution in [0.4, 0.5) is 4.79 Å². The Bertz CT molecular complexity index is 360. The molecular weight excluding hydrogens is 274 g/mol. The number of nitrogens with zero attached hydrogens (tertiary/aromatic N) is 2. The molecule has 1 aliphatic rings. The van der Waals surface area contributed by atoms with E-state index in [9.17, 15) is 9.59 Å². The van der Waals surface area contributed by atoms with Crippen molar-refractivity contribution in [1.82, 2.24) is 15.1 Å². The summed E-state index contributed by atoms with van der Waals surface area (Å²) in [5.74, 6) is -0.855. The zero-order chi connectivity index (χ0) is 15.9. The highest BCUT2D eigenvalue weighted by Crippen LogP contribution is 2.13. The lowest BCUT2D eigenvalue weighted by atomic mass is 9.99. The van der Waals surface area contributed by atoms with Gasteiger partial charge in [0.2, 0.25) is 0 Å². The number of aliphatic hydroxyl groups is 1. The predicted molar refractivity (Wildman–Crippen MR) is 79.2 cm³/mol. The average Bonchev–Trinajstić information content (AvgIpc) is 2.62. The second kappa shape index (κ2) is 8.19. The summed E-state index contributed by atoms with van der Waals surface area (Å²) in [6, 6.07) is -0.142. The first kappa shape index (κ1) is 17.7. The summed E-state index contributed by atoms with van der Waals surface area (Å²) in [4.78, 5) is 26.8. The van der Waals surface area contributed by atoms with Crippen LogP contribution in [-0.2, 0) is 4.79 Å². The molecule has 0 aromatic carbocycles. The van der Waals surface area contributed by atoms with E-state index in [1.165, 1.54) is 0 Å². The number of hydrogen-bond acceptors (Lipinski definition) is 4. The maximum absolute atomic E-state index is 12.3. The number of β-amino-alcohol motifs (C(OH)–C–C–N with tert-alkyl or cyclic N) is 1. The molecule has 1 aliphatic heterocycles. The van der Waals surface area contributed by atoms with Crippen molar-refractivity contribution in [2.24, 2.45) is 0 Å². The molecular formula is C14H27N3O4. The van der Waals surface area contributed by atoms with Crippen molar-refractivity contribution in [1.29, 1.82) is 0 Å². The Labute approximate surface area is 125 Å². The van der Waals surface area contributed by atoms with E-state index in [0.717, 1.165) is 19.5 Å². The first-order chi connectivity index (χ1) is 9.84. The Kier molecular flexibility index (Phi) is 6.91. The third kappa shape index (κ3) is 6.77. The zero-order valence-corrected chi connectivity index (χ0v) is 13.0. The van der Waals surface area contributed by atoms with Gasteiger partial charge in [0.25, 0.3) is 0 Å². The molecule has 3 N–H and O–H groups in total. The summed E-state index contributed by atoms with van der Waals surface area (Å²) in [7, 11) is 0. The van der Waals surface area contributed by atoms with Gasteiger partial charge >= 0.3 is 12.0 Å². The van der Waals surface area contributed by atoms with Crippen LogP contribution in [0.15, 0.2) is 0 Å². The molecule has 0 aromatic heterocycles. The van der Waals surface area contributed by atoms with Crippen LogP contribution in [-0.4, -0.2) is 76.9 Å². The predicted octanol–water partition coefficient (Wildman–Crippen LogP) is 0.339. The van der Waals surface area contributed by atoms with E-state index in [1.807, 2.05) is 13.8 Å². The number of aliphatic hydroxyl groups excluding tert-OH is 1. The molecule has 1 heterocycles. The minimum absolute atomic E-state index is 0.0392. The second-order valence-electron chi connectivity index (χ2n) is 6.11. The molecule has 7 nitrogen and oxygen atoms in total. The van der Waals surface area contributed by atoms with Crippen LogP contribution in [0.5, 0.6) is 0 Å². The number of carboxylic acids is 1. The van der Waals surface area contributed by atoms with Crippen LogP contribution < -0.4 is 5.32 Å². The highest BCUT2D eigenvalue weighted by Gasteiger charge is 2.25. The molecule has 2 amide bonds. The molecule has 0 aromatic rings. The summed E-state index contributed by atoms with van der Waals surface area (Å²) < 4.78 is 0. The quantitative estimate of drug-likeness (QED) is 0.658. The Morgan fingerprint density at radius 1 is 1.19 bits per heavy atom. The number of carbonyl (C=O) groups is 2. The first-order valence-corrected chi connectivity index (χ1v) is 7.46. The van der Waals surface area contributed by atoms with Gasteiger partial charge in [0.05, 0.1) is 6.61 Å². The van der Waals surface area contributed by atoms with Crippen molar-refractivity contribution in [3.63, 3.8) is 0 Å². The Balaban J connectivity index is 2.45. The van der Waals surface area contributed by atoms with E-state index >= 15 is 0 Å². The van der Waals surface area contributed by atoms with Crippen molar-refractivity contribution in [2.75, 3.05) is 39.3 Å². The third-order valence-electron chi connectivity index (χ3n) is 3.70. The lowest BCUT2D eigenvalue weighted by Crippen LogP contribution is -2.51. The number of carboxylic acid groups (broad SMARTS) is 1. The highest BCUT2D eigenvalue weighted by molar-refractivity contribution is 5.75. The molecule has 21 heavy (non-hydrogen) atoms. The van der Waals surface area contributed by atoms with Crippen molar-refractivity contribution < 1.29 is 19.8 Å². The maximum atomic E-state index is 12.3. The smallest absolute Gasteiger partial charge is 0.317 e. The van der Waals surface area contributed by atoms with Gasteiger partial charge in [-0.25, -0.2) is 4.79 Å². The largest absolute Gasteiger partial charge is 0.481 e. The number of amides is 2. The van der Waals surface area contributed by atoms with Crippen LogP contribution in [0.25, 0.3) is 0 Å². The fourth-order valence-corrected chi connectivity index (χ4v) is 2.39. The Morgan fingerprint density at radius 3 is 2.52 bits per heavy atom. The van der Waals surface area contributed by atoms with E-state index in [-0.39, 0.29) is 19.1 Å². The summed E-state index contributed by atoms with van der Waals surface area (Å²) >= 11 is 0. The summed E-state index contributed by atoms with van der Waals surface area (Å²) in [5, 5.41) is 20.6. The van der Waals surface area contributed by atoms with Crippen molar-refractivity contribution >= 4 is 12.0 Å². The minimum atomic E-state index is -0.855. The van der Waals surface area contributed by atoms with Crippen molar-refractivity contribution in [3.05, 3.63) is 0 Å². The lowest BCUT2D eigenvalue weighted by molar-refractivity contribution is -0.137. The molecule has 0 bridgehead atoms. The van der Waals surface area contributed by atoms with Crippen LogP contribution in [0, 0.1) is 0 Å². The molecule has 0 spiro atoms. The van der Waals surface area contributed by atoms with Gasteiger partial charge in [-0.05, 0) is 33.2 Å². The number of aliphatic carboxylic acids is 1. The van der Waals surface area contributed by atoms with Gasteiger partial charge < -0.3 is 20.4 Å². The summed E-state index contributed by atoms with van der Waals surface area (Å²) in [6.45, 7) is 7.39. The molecule has 0 atom stereocenters. The van der Waals surface area contributed by atoms with E-state index in [1.54, 1.807) is 4.90 Å². The molecule has 1 rings (SSSR count). The minimum Gasteiger partial charge on any atom is -0.481 e. The Morgan fingerprint density at radius 2 is 1.90 bits per heavy atom. The highest BCUT2D eigenvalue weighted by atomic mass is 16.4. The maximum Gasteiger partial charge on any atom is 0.317 e. The second-order valence-corrected chi connectivity index (χ2v) is 6.11. The fraction of sp³-hybridized carbons (Fsp3) is 0.857. The van der Waals surface area contributed by atoms with Gasteiger partial charge in [-0.3, -0.25) is 9.69 Å². The van der Waals surface area contributed by atoms with Gasteiger partial charge in [-0.1, -0.05) is 0 Å². The first-order valence-electron chi connectivity index (χ1n) is 7.46. The Hall–Kier alpha value is -1.34. The molecule has 1 saturated heterocycles. The standard InChI is InChI=1S/C14H27N3O4/c1-14(2,5-4-12(19)20)15-13(21)17-7-3-6-16(8-9-17)10-11-18/h18H,3-11H2,1-2H3,(H,15,21)(H,19,20). The van der Waals surface area contributed by atoms with Crippen molar-refractivity contribution in [2.45, 2.75) is 38.6 Å². The topological polar surface area (TPSA) is 93.1 Å². The number of urea groups is 1. The van der Waals surface area contributed by atoms with Crippen LogP contribution in [0.2, 0.25) is 0 Å². The molecule has 0 aliphatic carbocycles. The number of hydrogen-bond donors (Lipinski definition) is 3. The van der Waals surface area contributed by atoms with Gasteiger partial charge in [0.15, 0.2) is 0 Å². The third-order valence-corrected chi connectivity index (χ3v) is 3.70. The molecule has 1 fully saturated rings. The van der Waals surface area contributed by atoms with E-state index in [0.29, 0.717) is 26.1 Å². The normalized spacial score (nSPS) is 17.4. The van der Waals surface area contributed by atoms with Gasteiger partial charge in [0, 0.05) is 38.1 Å². The molecule has 122 valence electrons. The van der Waals surface area contributed by atoms with Gasteiger partial charge in [0.1, 0.15) is 0 Å². The van der Waals surface area contributed by atoms with E-state index < -0.39 is 11.5 Å². The average molecular weight is 301 g/mol. The summed E-state index contributed by atoms with van der Waals surface area (Å²) in [6.07, 6.45) is 1.32. The SMILES string of the molecule is CC(C)(CCC(=O)O)NC(=O)N1CCCN(CCO)CC1. The van der Waals surface area contributed by atoms with Crippen LogP contribution in [0.1, 0.15) is 33.1 Å². The monoisotopic (exact) mass is 301 g/mol. The number of carbonyl (C=O) groups excluding carboxylic acids is 1. The summed E-state index contributed by atoms with van der Waals surface area (Å²) in [5.41, 5.74) is -0.535. The van der Waals surface area contributed by atoms with E-state index in [2.05, 4.69) is 10.2 Å². The zero-order valence-electron chi connectivity index (χ0n) is 13.0. The molecule has 0 unspecified atom stereocenters. The molecule has 0 saturated carbocycles. The molecule has 0 radical (unpaired) electrons.